The molecule has 0 aliphatic carbocycles. The average molecular weight is 241 g/mol. The summed E-state index contributed by atoms with van der Waals surface area (Å²) < 4.78 is 0. The first-order chi connectivity index (χ1) is 8.29. The topological polar surface area (TPSA) is 40.5 Å². The number of aliphatic hydroxyl groups excluding tert-OH is 1. The molecular weight excluding hydrogens is 214 g/mol. The smallest absolute Gasteiger partial charge is 0.222 e. The van der Waals surface area contributed by atoms with Gasteiger partial charge in [0, 0.05) is 25.6 Å². The Morgan fingerprint density at radius 3 is 2.82 bits per heavy atom. The molecule has 3 nitrogen and oxygen atoms in total. The van der Waals surface area contributed by atoms with Crippen molar-refractivity contribution in [1.82, 2.24) is 4.90 Å². The fourth-order valence-corrected chi connectivity index (χ4v) is 2.64. The highest BCUT2D eigenvalue weighted by molar-refractivity contribution is 5.76. The maximum absolute atomic E-state index is 12.0. The van der Waals surface area contributed by atoms with Crippen LogP contribution >= 0.6 is 0 Å². The molecule has 1 aliphatic rings. The lowest BCUT2D eigenvalue weighted by atomic mass is 10.1. The van der Waals surface area contributed by atoms with Gasteiger partial charge >= 0.3 is 0 Å². The molecule has 0 bridgehead atoms. The monoisotopic (exact) mass is 241 g/mol. The van der Waals surface area contributed by atoms with Crippen molar-refractivity contribution in [1.29, 1.82) is 0 Å². The van der Waals surface area contributed by atoms with E-state index in [1.165, 1.54) is 19.3 Å². The Balaban J connectivity index is 2.24. The molecule has 0 aromatic rings. The lowest BCUT2D eigenvalue weighted by Crippen LogP contribution is -2.35. The Bertz CT molecular complexity index is 218. The van der Waals surface area contributed by atoms with Crippen LogP contribution < -0.4 is 0 Å². The molecular formula is C14H27NO2. The summed E-state index contributed by atoms with van der Waals surface area (Å²) in [6, 6.07) is 0.404. The van der Waals surface area contributed by atoms with Crippen LogP contribution in [0, 0.1) is 0 Å². The van der Waals surface area contributed by atoms with E-state index in [0.29, 0.717) is 11.9 Å². The first-order valence-corrected chi connectivity index (χ1v) is 7.20. The number of amides is 1. The Morgan fingerprint density at radius 1 is 1.29 bits per heavy atom. The van der Waals surface area contributed by atoms with E-state index in [1.807, 2.05) is 0 Å². The zero-order valence-corrected chi connectivity index (χ0v) is 11.2. The number of hydrogen-bond acceptors (Lipinski definition) is 2. The number of hydrogen-bond donors (Lipinski definition) is 1. The molecule has 100 valence electrons. The van der Waals surface area contributed by atoms with Crippen LogP contribution in [0.2, 0.25) is 0 Å². The summed E-state index contributed by atoms with van der Waals surface area (Å²) in [4.78, 5) is 14.1. The third-order valence-corrected chi connectivity index (χ3v) is 3.64. The summed E-state index contributed by atoms with van der Waals surface area (Å²) in [5, 5.41) is 8.85. The van der Waals surface area contributed by atoms with E-state index in [1.54, 1.807) is 0 Å². The van der Waals surface area contributed by atoms with E-state index in [9.17, 15) is 4.79 Å². The summed E-state index contributed by atoms with van der Waals surface area (Å²) in [6.45, 7) is 3.37. The number of rotatable bonds is 8. The van der Waals surface area contributed by atoms with Gasteiger partial charge in [-0.2, -0.15) is 0 Å². The van der Waals surface area contributed by atoms with Crippen LogP contribution in [0.25, 0.3) is 0 Å². The van der Waals surface area contributed by atoms with E-state index in [4.69, 9.17) is 5.11 Å². The molecule has 0 spiro atoms. The van der Waals surface area contributed by atoms with Gasteiger partial charge in [0.05, 0.1) is 0 Å². The summed E-state index contributed by atoms with van der Waals surface area (Å²) in [7, 11) is 0. The highest BCUT2D eigenvalue weighted by Crippen LogP contribution is 2.22. The summed E-state index contributed by atoms with van der Waals surface area (Å²) in [6.07, 6.45) is 9.44. The lowest BCUT2D eigenvalue weighted by molar-refractivity contribution is -0.132. The number of likely N-dealkylation sites (tertiary alicyclic amines) is 1. The van der Waals surface area contributed by atoms with E-state index >= 15 is 0 Å². The minimum Gasteiger partial charge on any atom is -0.396 e. The Labute approximate surface area is 105 Å². The van der Waals surface area contributed by atoms with Crippen LogP contribution in [0.1, 0.15) is 64.7 Å². The standard InChI is InChI=1S/C14H27NO2/c1-2-3-4-5-10-14(17)15-11-6-8-13(15)9-7-12-16/h13,16H,2-12H2,1H3. The molecule has 1 atom stereocenters. The van der Waals surface area contributed by atoms with Crippen LogP contribution in [0.15, 0.2) is 0 Å². The van der Waals surface area contributed by atoms with Gasteiger partial charge in [0.1, 0.15) is 0 Å². The van der Waals surface area contributed by atoms with E-state index in [0.717, 1.165) is 45.1 Å². The first kappa shape index (κ1) is 14.5. The third kappa shape index (κ3) is 5.07. The minimum absolute atomic E-state index is 0.245. The van der Waals surface area contributed by atoms with Crippen molar-refractivity contribution in [2.45, 2.75) is 70.8 Å². The quantitative estimate of drug-likeness (QED) is 0.664. The van der Waals surface area contributed by atoms with E-state index < -0.39 is 0 Å². The second kappa shape index (κ2) is 8.51. The van der Waals surface area contributed by atoms with Gasteiger partial charge in [0.25, 0.3) is 0 Å². The molecule has 0 aromatic carbocycles. The highest BCUT2D eigenvalue weighted by atomic mass is 16.3. The van der Waals surface area contributed by atoms with Crippen molar-refractivity contribution in [2.24, 2.45) is 0 Å². The van der Waals surface area contributed by atoms with Gasteiger partial charge in [-0.1, -0.05) is 26.2 Å². The summed E-state index contributed by atoms with van der Waals surface area (Å²) in [5.41, 5.74) is 0. The Morgan fingerprint density at radius 2 is 2.12 bits per heavy atom. The van der Waals surface area contributed by atoms with Crippen molar-refractivity contribution >= 4 is 5.91 Å². The van der Waals surface area contributed by atoms with Gasteiger partial charge < -0.3 is 10.0 Å². The van der Waals surface area contributed by atoms with Crippen molar-refractivity contribution in [2.75, 3.05) is 13.2 Å². The fraction of sp³-hybridized carbons (Fsp3) is 0.929. The predicted octanol–water partition coefficient (Wildman–Crippen LogP) is 2.72. The molecule has 0 saturated carbocycles. The van der Waals surface area contributed by atoms with Crippen LogP contribution in [0.5, 0.6) is 0 Å². The molecule has 0 radical (unpaired) electrons. The maximum atomic E-state index is 12.0. The van der Waals surface area contributed by atoms with Crippen LogP contribution in [0.3, 0.4) is 0 Å². The average Bonchev–Trinajstić information content (AvgIpc) is 2.80. The number of carbonyl (C=O) groups excluding carboxylic acids is 1. The number of carbonyl (C=O) groups is 1. The summed E-state index contributed by atoms with van der Waals surface area (Å²) in [5.74, 6) is 0.335. The van der Waals surface area contributed by atoms with Crippen molar-refractivity contribution in [3.8, 4) is 0 Å². The largest absolute Gasteiger partial charge is 0.396 e. The minimum atomic E-state index is 0.245. The second-order valence-corrected chi connectivity index (χ2v) is 5.06. The molecule has 17 heavy (non-hydrogen) atoms. The molecule has 1 aliphatic heterocycles. The van der Waals surface area contributed by atoms with Gasteiger partial charge in [-0.15, -0.1) is 0 Å². The zero-order valence-electron chi connectivity index (χ0n) is 11.2. The second-order valence-electron chi connectivity index (χ2n) is 5.06. The number of aliphatic hydroxyl groups is 1. The first-order valence-electron chi connectivity index (χ1n) is 7.20. The molecule has 1 rings (SSSR count). The Hall–Kier alpha value is -0.570. The van der Waals surface area contributed by atoms with Gasteiger partial charge in [-0.3, -0.25) is 4.79 Å². The van der Waals surface area contributed by atoms with Crippen molar-refractivity contribution in [3.05, 3.63) is 0 Å². The van der Waals surface area contributed by atoms with E-state index in [-0.39, 0.29) is 6.61 Å². The highest BCUT2D eigenvalue weighted by Gasteiger charge is 2.27. The van der Waals surface area contributed by atoms with Gasteiger partial charge in [0.2, 0.25) is 5.91 Å². The molecule has 1 heterocycles. The molecule has 1 N–H and O–H groups in total. The van der Waals surface area contributed by atoms with Gasteiger partial charge in [0.15, 0.2) is 0 Å². The third-order valence-electron chi connectivity index (χ3n) is 3.64. The molecule has 0 aromatic heterocycles. The van der Waals surface area contributed by atoms with Gasteiger partial charge in [-0.25, -0.2) is 0 Å². The zero-order chi connectivity index (χ0) is 12.5. The lowest BCUT2D eigenvalue weighted by Gasteiger charge is -2.24. The maximum Gasteiger partial charge on any atom is 0.222 e. The summed E-state index contributed by atoms with van der Waals surface area (Å²) >= 11 is 0. The SMILES string of the molecule is CCCCCCC(=O)N1CCCC1CCCO. The van der Waals surface area contributed by atoms with Crippen molar-refractivity contribution < 1.29 is 9.90 Å². The van der Waals surface area contributed by atoms with E-state index in [2.05, 4.69) is 11.8 Å². The van der Waals surface area contributed by atoms with Gasteiger partial charge in [-0.05, 0) is 32.1 Å². The normalized spacial score (nSPS) is 19.9. The van der Waals surface area contributed by atoms with Crippen LogP contribution in [-0.2, 0) is 4.79 Å². The molecule has 1 unspecified atom stereocenters. The molecule has 3 heteroatoms. The Kier molecular flexibility index (Phi) is 7.25. The molecule has 1 fully saturated rings. The number of nitrogens with zero attached hydrogens (tertiary/aromatic N) is 1. The van der Waals surface area contributed by atoms with Crippen LogP contribution in [0.4, 0.5) is 0 Å². The predicted molar refractivity (Wildman–Crippen MR) is 69.8 cm³/mol. The fourth-order valence-electron chi connectivity index (χ4n) is 2.64. The van der Waals surface area contributed by atoms with Crippen LogP contribution in [-0.4, -0.2) is 35.1 Å². The van der Waals surface area contributed by atoms with Crippen molar-refractivity contribution in [3.63, 3.8) is 0 Å². The molecule has 1 amide bonds. The number of unbranched alkanes of at least 4 members (excludes halogenated alkanes) is 3. The molecule has 1 saturated heterocycles.